The third-order valence-electron chi connectivity index (χ3n) is 12.1. The second-order valence-corrected chi connectivity index (χ2v) is 19.8. The number of nitrogens with zero attached hydrogens (tertiary/aromatic N) is 3. The number of pyridine rings is 1. The number of para-hydroxylation sites is 1. The molecular weight excluding hydrogens is 974 g/mol. The van der Waals surface area contributed by atoms with Gasteiger partial charge in [0, 0.05) is 42.8 Å². The van der Waals surface area contributed by atoms with Gasteiger partial charge in [0.25, 0.3) is 0 Å². The van der Waals surface area contributed by atoms with Gasteiger partial charge in [-0.2, -0.15) is 0 Å². The molecule has 2 heterocycles. The molecule has 0 amide bonds. The maximum atomic E-state index is 12.4. The molecule has 6 aromatic carbocycles. The van der Waals surface area contributed by atoms with Gasteiger partial charge >= 0.3 is 0 Å². The molecule has 0 saturated carbocycles. The average Bonchev–Trinajstić information content (AvgIpc) is 3.68. The third kappa shape index (κ3) is 9.43. The van der Waals surface area contributed by atoms with Crippen LogP contribution in [-0.2, 0) is 31.9 Å². The fourth-order valence-electron chi connectivity index (χ4n) is 8.53. The number of hydrogen-bond acceptors (Lipinski definition) is 3. The van der Waals surface area contributed by atoms with Crippen LogP contribution in [0.25, 0.3) is 72.7 Å². The van der Waals surface area contributed by atoms with Crippen molar-refractivity contribution in [1.82, 2.24) is 14.5 Å². The summed E-state index contributed by atoms with van der Waals surface area (Å²) in [5.41, 5.74) is 11.7. The number of imidazole rings is 1. The zero-order valence-electron chi connectivity index (χ0n) is 46.9. The van der Waals surface area contributed by atoms with Gasteiger partial charge in [-0.25, -0.2) is 4.98 Å². The van der Waals surface area contributed by atoms with Gasteiger partial charge in [0.05, 0.1) is 22.1 Å². The van der Waals surface area contributed by atoms with Gasteiger partial charge in [-0.15, -0.1) is 29.3 Å². The Morgan fingerprint density at radius 2 is 1.38 bits per heavy atom. The van der Waals surface area contributed by atoms with E-state index in [0.717, 1.165) is 44.6 Å². The van der Waals surface area contributed by atoms with Crippen LogP contribution in [0.1, 0.15) is 144 Å². The number of phenolic OH excluding ortho intramolecular Hbond substituents is 1. The van der Waals surface area contributed by atoms with Crippen molar-refractivity contribution in [1.29, 1.82) is 0 Å². The summed E-state index contributed by atoms with van der Waals surface area (Å²) in [5, 5.41) is 12.4. The van der Waals surface area contributed by atoms with Gasteiger partial charge < -0.3 is 5.11 Å². The Kier molecular flexibility index (Phi) is 10.9. The summed E-state index contributed by atoms with van der Waals surface area (Å²) >= 11 is 0. The minimum absolute atomic E-state index is 0. The Labute approximate surface area is 412 Å². The zero-order valence-corrected chi connectivity index (χ0v) is 42.2. The van der Waals surface area contributed by atoms with Crippen molar-refractivity contribution in [3.05, 3.63) is 167 Å². The van der Waals surface area contributed by atoms with E-state index in [-0.39, 0.29) is 67.4 Å². The quantitative estimate of drug-likeness (QED) is 0.147. The molecule has 336 valence electrons. The van der Waals surface area contributed by atoms with E-state index >= 15 is 0 Å². The molecule has 0 atom stereocenters. The van der Waals surface area contributed by atoms with Crippen LogP contribution in [0.15, 0.2) is 127 Å². The molecule has 1 N–H and O–H groups in total. The van der Waals surface area contributed by atoms with E-state index in [1.54, 1.807) is 52.9 Å². The maximum Gasteiger partial charge on any atom is 0.148 e. The predicted octanol–water partition coefficient (Wildman–Crippen LogP) is 16.5. The van der Waals surface area contributed by atoms with Gasteiger partial charge in [-0.3, -0.25) is 9.55 Å². The minimum atomic E-state index is -1.23. The van der Waals surface area contributed by atoms with E-state index in [2.05, 4.69) is 90.1 Å². The smallest absolute Gasteiger partial charge is 0.148 e. The normalized spacial score (nSPS) is 14.1. The van der Waals surface area contributed by atoms with Crippen molar-refractivity contribution in [2.45, 2.75) is 119 Å². The first-order chi connectivity index (χ1) is 32.9. The van der Waals surface area contributed by atoms with Gasteiger partial charge in [0.1, 0.15) is 11.6 Å². The Bertz CT molecular complexity index is 3390. The summed E-state index contributed by atoms with van der Waals surface area (Å²) in [6, 6.07) is 35.0. The van der Waals surface area contributed by atoms with E-state index in [9.17, 15) is 7.85 Å². The number of rotatable bonds is 9. The molecule has 5 heteroatoms. The first kappa shape index (κ1) is 38.7. The van der Waals surface area contributed by atoms with Crippen LogP contribution < -0.4 is 0 Å². The molecule has 8 aromatic rings. The maximum absolute atomic E-state index is 12.4. The number of phenols is 1. The fourth-order valence-corrected chi connectivity index (χ4v) is 8.53. The van der Waals surface area contributed by atoms with Crippen LogP contribution in [0.3, 0.4) is 0 Å². The monoisotopic (exact) mass is 1040 g/mol. The molecule has 0 unspecified atom stereocenters. The predicted molar refractivity (Wildman–Crippen MR) is 271 cm³/mol. The summed E-state index contributed by atoms with van der Waals surface area (Å²) in [6.45, 7) is 25.5. The van der Waals surface area contributed by atoms with E-state index in [4.69, 9.17) is 16.8 Å². The van der Waals surface area contributed by atoms with Crippen LogP contribution in [-0.4, -0.2) is 19.6 Å². The molecule has 8 rings (SSSR count). The van der Waals surface area contributed by atoms with E-state index in [1.165, 1.54) is 5.56 Å². The summed E-state index contributed by atoms with van der Waals surface area (Å²) in [6.07, 6.45) is 1.63. The molecule has 4 nitrogen and oxygen atoms in total. The summed E-state index contributed by atoms with van der Waals surface area (Å²) in [7, 11) is 0. The van der Waals surface area contributed by atoms with Crippen molar-refractivity contribution in [2.75, 3.05) is 0 Å². The van der Waals surface area contributed by atoms with E-state index in [0.29, 0.717) is 50.4 Å². The van der Waals surface area contributed by atoms with Gasteiger partial charge in [-0.05, 0) is 110 Å². The molecule has 65 heavy (non-hydrogen) atoms. The Morgan fingerprint density at radius 1 is 0.677 bits per heavy atom. The van der Waals surface area contributed by atoms with Crippen LogP contribution in [0.2, 0.25) is 0 Å². The average molecular weight is 1050 g/mol. The van der Waals surface area contributed by atoms with Gasteiger partial charge in [-0.1, -0.05) is 179 Å². The molecule has 0 fully saturated rings. The Balaban J connectivity index is 0.00000760. The molecule has 0 saturated heterocycles. The fraction of sp³-hybridized carbons (Fsp3) is 0.300. The molecule has 0 aliphatic carbocycles. The topological polar surface area (TPSA) is 50.9 Å². The first-order valence-electron chi connectivity index (χ1n) is 25.6. The Hall–Kier alpha value is -5.57. The molecule has 0 aliphatic rings. The molecule has 2 aromatic heterocycles. The zero-order chi connectivity index (χ0) is 52.1. The van der Waals surface area contributed by atoms with E-state index < -0.39 is 17.7 Å². The molecule has 0 aliphatic heterocycles. The standard InChI is InChI=1S/C60H64N3O.Pt/c1-36(2)42-32-51(38(5)6)57(64)52(33-42)58-62-56-47(43-29-44(31-45(30-43)59(8,9)10)54-34-41(26-27-61-54)40-19-16-18-39(7)28-40)21-17-23-55(56)63(58)46-24-25-48(50(35-46)37(3)4)49-20-14-15-22-53(49)60(11,12)13;/h14-28,30-38,64H,1-13H3;/q-1;/i16D,18D,19D,28D,36D,37D,38D;. The number of hydrogen-bond donors (Lipinski definition) is 1. The first-order valence-corrected chi connectivity index (χ1v) is 22.1. The molecular formula is C60H64N3OPt-. The van der Waals surface area contributed by atoms with E-state index in [1.807, 2.05) is 60.9 Å². The number of aromatic nitrogens is 3. The van der Waals surface area contributed by atoms with Crippen LogP contribution in [0.5, 0.6) is 5.75 Å². The van der Waals surface area contributed by atoms with Crippen molar-refractivity contribution in [3.8, 4) is 67.5 Å². The summed E-state index contributed by atoms with van der Waals surface area (Å²) in [5.74, 6) is -3.05. The number of fused-ring (bicyclic) bond motifs is 1. The van der Waals surface area contributed by atoms with Crippen molar-refractivity contribution < 1.29 is 35.8 Å². The van der Waals surface area contributed by atoms with Crippen molar-refractivity contribution in [2.24, 2.45) is 0 Å². The second kappa shape index (κ2) is 18.4. The summed E-state index contributed by atoms with van der Waals surface area (Å²) < 4.78 is 64.4. The van der Waals surface area contributed by atoms with Crippen LogP contribution >= 0.6 is 0 Å². The molecule has 0 bridgehead atoms. The second-order valence-electron chi connectivity index (χ2n) is 19.8. The number of aromatic hydroxyl groups is 1. The molecule has 0 radical (unpaired) electrons. The van der Waals surface area contributed by atoms with Crippen LogP contribution in [0.4, 0.5) is 0 Å². The minimum Gasteiger partial charge on any atom is -0.507 e. The van der Waals surface area contributed by atoms with Gasteiger partial charge in [0.2, 0.25) is 0 Å². The SMILES string of the molecule is [2H]c1c([2H])c(C)c([2H])c(-c2ccnc(-c3[c-]c(-c4cccc5c4nc(-c4cc(C([2H])(C)C)cc(C([2H])(C)C)c4O)n5-c4ccc(-c5ccccc5C(C)(C)C)c(C([2H])(C)C)c4)cc(C(C)(C)C)c3)c2)c1[2H].[Pt]. The molecule has 0 spiro atoms. The third-order valence-corrected chi connectivity index (χ3v) is 12.1. The Morgan fingerprint density at radius 3 is 2.08 bits per heavy atom. The number of benzene rings is 6. The largest absolute Gasteiger partial charge is 0.507 e. The van der Waals surface area contributed by atoms with Crippen molar-refractivity contribution >= 4 is 11.0 Å². The summed E-state index contributed by atoms with van der Waals surface area (Å²) in [4.78, 5) is 10.3. The van der Waals surface area contributed by atoms with Gasteiger partial charge in [0.15, 0.2) is 0 Å². The van der Waals surface area contributed by atoms with Crippen LogP contribution in [0, 0.1) is 13.0 Å². The van der Waals surface area contributed by atoms with Crippen molar-refractivity contribution in [3.63, 3.8) is 0 Å².